The summed E-state index contributed by atoms with van der Waals surface area (Å²) >= 11 is 0. The summed E-state index contributed by atoms with van der Waals surface area (Å²) in [6.07, 6.45) is 0. The lowest BCUT2D eigenvalue weighted by Crippen LogP contribution is -2.29. The minimum atomic E-state index is -0.350. The second kappa shape index (κ2) is 8.29. The Morgan fingerprint density at radius 1 is 0.579 bits per heavy atom. The molecule has 1 aliphatic rings. The first-order valence-corrected chi connectivity index (χ1v) is 12.3. The van der Waals surface area contributed by atoms with Crippen molar-refractivity contribution < 1.29 is 9.59 Å². The van der Waals surface area contributed by atoms with Crippen molar-refractivity contribution in [1.29, 1.82) is 0 Å². The van der Waals surface area contributed by atoms with E-state index in [4.69, 9.17) is 6.57 Å². The highest BCUT2D eigenvalue weighted by Crippen LogP contribution is 2.42. The average Bonchev–Trinajstić information content (AvgIpc) is 3.45. The molecule has 1 aromatic heterocycles. The number of carbonyl (C=O) groups is 2. The Labute approximate surface area is 218 Å². The lowest BCUT2D eigenvalue weighted by molar-refractivity contribution is 0.0926. The number of nitrogens with zero attached hydrogens (tertiary/aromatic N) is 3. The summed E-state index contributed by atoms with van der Waals surface area (Å²) in [5.41, 5.74) is 5.99. The highest BCUT2D eigenvalue weighted by Gasteiger charge is 2.39. The molecule has 1 aliphatic heterocycles. The summed E-state index contributed by atoms with van der Waals surface area (Å²) in [7, 11) is 0. The molecule has 6 aromatic rings. The number of rotatable bonds is 3. The molecule has 0 bridgehead atoms. The van der Waals surface area contributed by atoms with Crippen LogP contribution in [0.25, 0.3) is 43.5 Å². The van der Waals surface area contributed by atoms with Crippen LogP contribution in [0.15, 0.2) is 115 Å². The van der Waals surface area contributed by atoms with E-state index in [2.05, 4.69) is 21.5 Å². The standard InChI is InChI=1S/C33H19N3O2/c1-34-27-18-7-5-13-22(27)24-15-9-16-25-23-14-6-8-19-28(23)36(31(24)25)29-20-10-17-26-30(29)33(38)35(32(26)37)21-11-3-2-4-12-21/h2-20H. The maximum Gasteiger partial charge on any atom is 0.268 e. The normalized spacial score (nSPS) is 12.8. The highest BCUT2D eigenvalue weighted by molar-refractivity contribution is 6.35. The fraction of sp³-hybridized carbons (Fsp3) is 0. The van der Waals surface area contributed by atoms with Gasteiger partial charge in [-0.2, -0.15) is 0 Å². The van der Waals surface area contributed by atoms with Gasteiger partial charge in [0.15, 0.2) is 5.69 Å². The van der Waals surface area contributed by atoms with Gasteiger partial charge in [0.1, 0.15) is 0 Å². The van der Waals surface area contributed by atoms with Gasteiger partial charge < -0.3 is 4.57 Å². The van der Waals surface area contributed by atoms with E-state index in [0.717, 1.165) is 32.9 Å². The maximum absolute atomic E-state index is 13.9. The second-order valence-corrected chi connectivity index (χ2v) is 9.16. The average molecular weight is 490 g/mol. The summed E-state index contributed by atoms with van der Waals surface area (Å²) in [6, 6.07) is 36.1. The predicted molar refractivity (Wildman–Crippen MR) is 150 cm³/mol. The van der Waals surface area contributed by atoms with E-state index < -0.39 is 0 Å². The Balaban J connectivity index is 1.58. The Morgan fingerprint density at radius 2 is 1.24 bits per heavy atom. The van der Waals surface area contributed by atoms with Gasteiger partial charge in [-0.05, 0) is 41.5 Å². The molecular formula is C33H19N3O2. The molecule has 0 N–H and O–H groups in total. The van der Waals surface area contributed by atoms with Gasteiger partial charge in [0.25, 0.3) is 11.8 Å². The van der Waals surface area contributed by atoms with Crippen LogP contribution >= 0.6 is 0 Å². The largest absolute Gasteiger partial charge is 0.308 e. The first kappa shape index (κ1) is 21.8. The zero-order valence-electron chi connectivity index (χ0n) is 20.1. The van der Waals surface area contributed by atoms with Crippen LogP contribution in [0, 0.1) is 6.57 Å². The number of carbonyl (C=O) groups excluding carboxylic acids is 2. The van der Waals surface area contributed by atoms with Crippen molar-refractivity contribution in [1.82, 2.24) is 4.57 Å². The zero-order chi connectivity index (χ0) is 25.8. The first-order valence-electron chi connectivity index (χ1n) is 12.3. The van der Waals surface area contributed by atoms with Gasteiger partial charge in [-0.3, -0.25) is 9.59 Å². The summed E-state index contributed by atoms with van der Waals surface area (Å²) in [5.74, 6) is -0.686. The third kappa shape index (κ3) is 2.98. The molecule has 0 unspecified atom stereocenters. The van der Waals surface area contributed by atoms with Gasteiger partial charge in [-0.15, -0.1) is 0 Å². The van der Waals surface area contributed by atoms with Gasteiger partial charge >= 0.3 is 0 Å². The Morgan fingerprint density at radius 3 is 2.08 bits per heavy atom. The minimum absolute atomic E-state index is 0.336. The molecule has 38 heavy (non-hydrogen) atoms. The van der Waals surface area contributed by atoms with Crippen LogP contribution in [0.1, 0.15) is 20.7 Å². The van der Waals surface area contributed by atoms with Crippen LogP contribution in [-0.2, 0) is 0 Å². The zero-order valence-corrected chi connectivity index (χ0v) is 20.1. The molecule has 0 saturated carbocycles. The predicted octanol–water partition coefficient (Wildman–Crippen LogP) is 7.80. The van der Waals surface area contributed by atoms with Crippen LogP contribution in [0.5, 0.6) is 0 Å². The monoisotopic (exact) mass is 489 g/mol. The minimum Gasteiger partial charge on any atom is -0.308 e. The van der Waals surface area contributed by atoms with E-state index in [1.165, 1.54) is 4.90 Å². The van der Waals surface area contributed by atoms with Gasteiger partial charge in [0.2, 0.25) is 0 Å². The number of benzene rings is 5. The van der Waals surface area contributed by atoms with E-state index >= 15 is 0 Å². The van der Waals surface area contributed by atoms with Gasteiger partial charge in [0.05, 0.1) is 40.1 Å². The van der Waals surface area contributed by atoms with Crippen molar-refractivity contribution in [3.63, 3.8) is 0 Å². The van der Waals surface area contributed by atoms with E-state index in [1.807, 2.05) is 84.9 Å². The molecule has 5 nitrogen and oxygen atoms in total. The van der Waals surface area contributed by atoms with E-state index in [1.54, 1.807) is 18.2 Å². The van der Waals surface area contributed by atoms with Crippen LogP contribution in [0.4, 0.5) is 11.4 Å². The molecule has 5 heteroatoms. The Bertz CT molecular complexity index is 1980. The van der Waals surface area contributed by atoms with Crippen LogP contribution in [-0.4, -0.2) is 16.4 Å². The molecule has 0 spiro atoms. The van der Waals surface area contributed by atoms with Gasteiger partial charge in [-0.1, -0.05) is 84.9 Å². The maximum atomic E-state index is 13.9. The SMILES string of the molecule is [C-]#[N+]c1ccccc1-c1cccc2c3ccccc3n(-c3cccc4c3C(=O)N(c3ccccc3)C4=O)c12. The summed E-state index contributed by atoms with van der Waals surface area (Å²) < 4.78 is 2.07. The lowest BCUT2D eigenvalue weighted by Gasteiger charge is -2.16. The third-order valence-electron chi connectivity index (χ3n) is 7.16. The fourth-order valence-corrected chi connectivity index (χ4v) is 5.55. The molecule has 178 valence electrons. The first-order chi connectivity index (χ1) is 18.7. The third-order valence-corrected chi connectivity index (χ3v) is 7.16. The number of fused-ring (bicyclic) bond motifs is 4. The number of amides is 2. The summed E-state index contributed by atoms with van der Waals surface area (Å²) in [5, 5.41) is 2.03. The number of para-hydroxylation sites is 4. The smallest absolute Gasteiger partial charge is 0.268 e. The number of hydrogen-bond donors (Lipinski definition) is 0. The molecule has 7 rings (SSSR count). The van der Waals surface area contributed by atoms with Crippen LogP contribution in [0.2, 0.25) is 0 Å². The Hall–Kier alpha value is -5.47. The van der Waals surface area contributed by atoms with E-state index in [9.17, 15) is 9.59 Å². The van der Waals surface area contributed by atoms with Crippen molar-refractivity contribution in [2.75, 3.05) is 4.90 Å². The van der Waals surface area contributed by atoms with Crippen molar-refractivity contribution in [3.05, 3.63) is 138 Å². The quantitative estimate of drug-likeness (QED) is 0.188. The van der Waals surface area contributed by atoms with Gasteiger partial charge in [0, 0.05) is 10.8 Å². The van der Waals surface area contributed by atoms with Crippen molar-refractivity contribution in [2.45, 2.75) is 0 Å². The van der Waals surface area contributed by atoms with Crippen LogP contribution in [0.3, 0.4) is 0 Å². The van der Waals surface area contributed by atoms with Crippen molar-refractivity contribution in [2.24, 2.45) is 0 Å². The van der Waals surface area contributed by atoms with E-state index in [0.29, 0.717) is 28.2 Å². The number of aromatic nitrogens is 1. The van der Waals surface area contributed by atoms with Crippen molar-refractivity contribution >= 4 is 45.0 Å². The molecule has 0 aliphatic carbocycles. The molecule has 2 amide bonds. The van der Waals surface area contributed by atoms with Crippen LogP contribution < -0.4 is 4.90 Å². The molecule has 0 fully saturated rings. The summed E-state index contributed by atoms with van der Waals surface area (Å²) in [4.78, 5) is 32.4. The topological polar surface area (TPSA) is 46.7 Å². The summed E-state index contributed by atoms with van der Waals surface area (Å²) in [6.45, 7) is 7.75. The molecule has 0 saturated heterocycles. The Kier molecular flexibility index (Phi) is 4.75. The molecule has 5 aromatic carbocycles. The number of anilines is 1. The number of hydrogen-bond acceptors (Lipinski definition) is 2. The van der Waals surface area contributed by atoms with Crippen molar-refractivity contribution in [3.8, 4) is 16.8 Å². The molecule has 0 atom stereocenters. The highest BCUT2D eigenvalue weighted by atomic mass is 16.2. The van der Waals surface area contributed by atoms with E-state index in [-0.39, 0.29) is 11.8 Å². The van der Waals surface area contributed by atoms with Gasteiger partial charge in [-0.25, -0.2) is 9.74 Å². The molecule has 0 radical (unpaired) electrons. The molecular weight excluding hydrogens is 470 g/mol. The lowest BCUT2D eigenvalue weighted by atomic mass is 10.00. The number of imide groups is 1. The molecule has 2 heterocycles. The second-order valence-electron chi connectivity index (χ2n) is 9.16. The fourth-order valence-electron chi connectivity index (χ4n) is 5.55.